The van der Waals surface area contributed by atoms with Crippen LogP contribution in [0.25, 0.3) is 89.7 Å². The van der Waals surface area contributed by atoms with E-state index in [-0.39, 0.29) is 6.04 Å². The van der Waals surface area contributed by atoms with Crippen LogP contribution in [-0.4, -0.2) is 29.1 Å². The minimum Gasteiger partial charge on any atom is -0.457 e. The fraction of sp³-hybridized carbons (Fsp3) is 0.0968. The standard InChI is InChI=1S/C62H48N8O4/c1-38(2)70-61-50-33-29-46(74-42-24-16-9-17-25-42)37-54(50)62(70)65-57-49-32-28-44(72-40-20-12-7-13-21-40)35-52(49)59(69(57)5)63-55-47-30-26-43(71-39-18-10-6-11-19-39)34-51(47)58(67(55)3)64-56-48-31-27-45(73-41-22-14-8-15-23-41)36-53(48)60(66-61)68(56)4/h6-38H,1-5H3/q+2. The highest BCUT2D eigenvalue weighted by Crippen LogP contribution is 2.42. The summed E-state index contributed by atoms with van der Waals surface area (Å²) in [5.74, 6) is 8.42. The van der Waals surface area contributed by atoms with Crippen LogP contribution in [0.5, 0.6) is 46.0 Å². The van der Waals surface area contributed by atoms with Crippen molar-refractivity contribution in [2.75, 3.05) is 0 Å². The summed E-state index contributed by atoms with van der Waals surface area (Å²) in [4.78, 5) is 22.8. The van der Waals surface area contributed by atoms with Gasteiger partial charge in [-0.1, -0.05) is 92.7 Å². The second-order valence-electron chi connectivity index (χ2n) is 18.7. The first-order valence-corrected chi connectivity index (χ1v) is 24.6. The van der Waals surface area contributed by atoms with Crippen LogP contribution in [0.2, 0.25) is 0 Å². The zero-order chi connectivity index (χ0) is 50.0. The van der Waals surface area contributed by atoms with E-state index in [2.05, 4.69) is 74.6 Å². The fourth-order valence-corrected chi connectivity index (χ4v) is 10.0. The smallest absolute Gasteiger partial charge is 0.273 e. The lowest BCUT2D eigenvalue weighted by molar-refractivity contribution is -0.696. The summed E-state index contributed by atoms with van der Waals surface area (Å²) in [6.07, 6.45) is 0. The molecule has 0 aliphatic carbocycles. The van der Waals surface area contributed by atoms with Gasteiger partial charge in [-0.25, -0.2) is 9.13 Å². The van der Waals surface area contributed by atoms with Crippen molar-refractivity contribution in [3.05, 3.63) is 194 Å². The van der Waals surface area contributed by atoms with E-state index in [1.807, 2.05) is 173 Å². The van der Waals surface area contributed by atoms with Gasteiger partial charge in [-0.3, -0.25) is 9.13 Å². The van der Waals surface area contributed by atoms with E-state index in [0.29, 0.717) is 63.1 Å². The molecule has 0 unspecified atom stereocenters. The molecule has 0 amide bonds. The highest BCUT2D eigenvalue weighted by molar-refractivity contribution is 6.07. The summed E-state index contributed by atoms with van der Waals surface area (Å²) in [6, 6.07) is 63.6. The third kappa shape index (κ3) is 7.71. The topological polar surface area (TPSA) is 106 Å². The molecule has 0 saturated carbocycles. The largest absolute Gasteiger partial charge is 0.457 e. The Hall–Kier alpha value is -9.68. The van der Waals surface area contributed by atoms with Crippen LogP contribution >= 0.6 is 0 Å². The molecule has 13 rings (SSSR count). The van der Waals surface area contributed by atoms with Crippen LogP contribution in [-0.2, 0) is 21.1 Å². The number of hydrogen-bond acceptors (Lipinski definition) is 8. The predicted octanol–water partition coefficient (Wildman–Crippen LogP) is 14.0. The van der Waals surface area contributed by atoms with Gasteiger partial charge in [0.25, 0.3) is 23.3 Å². The Morgan fingerprint density at radius 3 is 1.05 bits per heavy atom. The molecule has 8 aromatic carbocycles. The van der Waals surface area contributed by atoms with Gasteiger partial charge in [0.2, 0.25) is 22.6 Å². The number of ether oxygens (including phenoxy) is 4. The molecule has 2 aliphatic rings. The number of rotatable bonds is 9. The molecule has 3 aromatic heterocycles. The second kappa shape index (κ2) is 17.9. The molecule has 12 nitrogen and oxygen atoms in total. The summed E-state index contributed by atoms with van der Waals surface area (Å²) in [7, 11) is 6.06. The SMILES string of the molecule is CC(C)[n+]1c2nc3c4ccc(Oc5ccccc5)cc4c(nc4[n+](C)c(nc5c6ccc(Oc7ccccc7)cc6c(nc1-c1ccc(Oc6ccccc6)cc1-2)n5C)-c1cc(Oc2ccccc2)ccc1-4)n3C. The number of hydrogen-bond donors (Lipinski definition) is 0. The lowest BCUT2D eigenvalue weighted by Gasteiger charge is -2.06. The average molecular weight is 969 g/mol. The highest BCUT2D eigenvalue weighted by Gasteiger charge is 2.36. The molecular formula is C62H48N8O4+2. The van der Waals surface area contributed by atoms with E-state index in [0.717, 1.165) is 72.6 Å². The maximum atomic E-state index is 6.52. The first kappa shape index (κ1) is 44.3. The van der Waals surface area contributed by atoms with Crippen LogP contribution in [0.4, 0.5) is 0 Å². The summed E-state index contributed by atoms with van der Waals surface area (Å²) in [6.45, 7) is 4.33. The first-order chi connectivity index (χ1) is 36.2. The quantitative estimate of drug-likeness (QED) is 0.132. The highest BCUT2D eigenvalue weighted by atomic mass is 16.5. The molecule has 0 radical (unpaired) electrons. The minimum absolute atomic E-state index is 0.0936. The van der Waals surface area contributed by atoms with E-state index >= 15 is 0 Å². The summed E-state index contributed by atoms with van der Waals surface area (Å²) in [5.41, 5.74) is 6.29. The molecule has 0 N–H and O–H groups in total. The van der Waals surface area contributed by atoms with Gasteiger partial charge in [0.1, 0.15) is 46.0 Å². The number of aryl methyl sites for hydroxylation is 2. The average Bonchev–Trinajstić information content (AvgIpc) is 4.07. The number of benzene rings is 8. The van der Waals surface area contributed by atoms with Gasteiger partial charge in [-0.15, -0.1) is 0 Å². The summed E-state index contributed by atoms with van der Waals surface area (Å²) in [5, 5.41) is 3.50. The Morgan fingerprint density at radius 1 is 0.338 bits per heavy atom. The van der Waals surface area contributed by atoms with Crippen LogP contribution in [0, 0.1) is 0 Å². The molecule has 0 fully saturated rings. The number of nitrogens with zero attached hydrogens (tertiary/aromatic N) is 8. The Kier molecular flexibility index (Phi) is 10.7. The Balaban J connectivity index is 1.16. The molecule has 0 spiro atoms. The van der Waals surface area contributed by atoms with E-state index in [1.54, 1.807) is 0 Å². The monoisotopic (exact) mass is 968 g/mol. The van der Waals surface area contributed by atoms with Gasteiger partial charge >= 0.3 is 0 Å². The van der Waals surface area contributed by atoms with E-state index < -0.39 is 0 Å². The molecule has 12 heteroatoms. The van der Waals surface area contributed by atoms with Crippen LogP contribution in [0.15, 0.2) is 194 Å². The molecular weight excluding hydrogens is 921 g/mol. The lowest BCUT2D eigenvalue weighted by Crippen LogP contribution is -2.38. The van der Waals surface area contributed by atoms with Gasteiger partial charge in [-0.2, -0.15) is 0 Å². The van der Waals surface area contributed by atoms with Crippen molar-refractivity contribution in [2.45, 2.75) is 19.9 Å². The molecule has 74 heavy (non-hydrogen) atoms. The predicted molar refractivity (Wildman–Crippen MR) is 288 cm³/mol. The van der Waals surface area contributed by atoms with Crippen LogP contribution in [0.1, 0.15) is 19.9 Å². The maximum absolute atomic E-state index is 6.52. The van der Waals surface area contributed by atoms with Crippen molar-refractivity contribution in [3.8, 4) is 91.5 Å². The number of aromatic nitrogens is 8. The third-order valence-corrected chi connectivity index (χ3v) is 13.5. The first-order valence-electron chi connectivity index (χ1n) is 24.6. The van der Waals surface area contributed by atoms with Crippen molar-refractivity contribution in [2.24, 2.45) is 21.1 Å². The molecule has 11 aromatic rings. The zero-order valence-electron chi connectivity index (χ0n) is 41.3. The summed E-state index contributed by atoms with van der Waals surface area (Å²) < 4.78 is 34.4. The molecule has 5 heterocycles. The van der Waals surface area contributed by atoms with Gasteiger partial charge in [-0.05, 0) is 135 Å². The number of para-hydroxylation sites is 4. The lowest BCUT2D eigenvalue weighted by atomic mass is 10.1. The van der Waals surface area contributed by atoms with Crippen molar-refractivity contribution < 1.29 is 28.1 Å². The van der Waals surface area contributed by atoms with Crippen molar-refractivity contribution in [1.29, 1.82) is 0 Å². The van der Waals surface area contributed by atoms with Gasteiger partial charge in [0, 0.05) is 24.9 Å². The molecule has 2 aliphatic heterocycles. The van der Waals surface area contributed by atoms with Crippen LogP contribution in [0.3, 0.4) is 0 Å². The molecule has 8 bridgehead atoms. The van der Waals surface area contributed by atoms with Gasteiger partial charge < -0.3 is 18.9 Å². The van der Waals surface area contributed by atoms with Crippen molar-refractivity contribution >= 4 is 44.1 Å². The van der Waals surface area contributed by atoms with Gasteiger partial charge in [0.15, 0.2) is 0 Å². The van der Waals surface area contributed by atoms with E-state index in [1.165, 1.54) is 0 Å². The Morgan fingerprint density at radius 2 is 0.649 bits per heavy atom. The fourth-order valence-electron chi connectivity index (χ4n) is 10.0. The Bertz CT molecular complexity index is 4200. The normalized spacial score (nSPS) is 11.7. The Labute approximate surface area is 426 Å². The zero-order valence-corrected chi connectivity index (χ0v) is 41.3. The molecule has 358 valence electrons. The van der Waals surface area contributed by atoms with Crippen LogP contribution < -0.4 is 28.1 Å². The number of fused-ring (bicyclic) bond motifs is 20. The van der Waals surface area contributed by atoms with Crippen molar-refractivity contribution in [1.82, 2.24) is 29.1 Å². The minimum atomic E-state index is -0.0936. The van der Waals surface area contributed by atoms with E-state index in [9.17, 15) is 0 Å². The molecule has 0 saturated heterocycles. The van der Waals surface area contributed by atoms with Gasteiger partial charge in [0.05, 0.1) is 46.1 Å². The second-order valence-corrected chi connectivity index (χ2v) is 18.7. The van der Waals surface area contributed by atoms with E-state index in [4.69, 9.17) is 38.9 Å². The summed E-state index contributed by atoms with van der Waals surface area (Å²) >= 11 is 0. The third-order valence-electron chi connectivity index (χ3n) is 13.5. The maximum Gasteiger partial charge on any atom is 0.273 e. The molecule has 0 atom stereocenters. The van der Waals surface area contributed by atoms with Crippen molar-refractivity contribution in [3.63, 3.8) is 0 Å².